The van der Waals surface area contributed by atoms with E-state index >= 15 is 0 Å². The van der Waals surface area contributed by atoms with Gasteiger partial charge in [-0.15, -0.1) is 11.3 Å². The molecule has 0 radical (unpaired) electrons. The molecule has 0 aliphatic carbocycles. The van der Waals surface area contributed by atoms with Gasteiger partial charge in [0, 0.05) is 31.9 Å². The van der Waals surface area contributed by atoms with Crippen LogP contribution in [0.25, 0.3) is 10.1 Å². The number of carbonyl (C=O) groups excluding carboxylic acids is 3. The maximum absolute atomic E-state index is 12.8. The van der Waals surface area contributed by atoms with Crippen molar-refractivity contribution < 1.29 is 19.1 Å². The number of thiophene rings is 1. The van der Waals surface area contributed by atoms with Crippen LogP contribution in [0.2, 0.25) is 10.0 Å². The lowest BCUT2D eigenvalue weighted by Gasteiger charge is -2.08. The van der Waals surface area contributed by atoms with Crippen LogP contribution in [0.1, 0.15) is 41.5 Å². The summed E-state index contributed by atoms with van der Waals surface area (Å²) in [5.74, 6) is -1.02. The standard InChI is InChI=1S/C31H21Cl2N3O4S/c1-18-6-8-20(9-7-18)31(39)40-25-5-3-2-4-21(25)17-34-36-29(37)19-10-13-23(14-11-19)35-30(38)28-27(33)24-15-12-22(32)16-26(24)41-28/h2-17H,1H3,(H,35,38)(H,36,37)/b34-17-. The average molecular weight is 602 g/mol. The highest BCUT2D eigenvalue weighted by Crippen LogP contribution is 2.37. The number of halogens is 2. The molecule has 0 aliphatic heterocycles. The summed E-state index contributed by atoms with van der Waals surface area (Å²) in [6.45, 7) is 1.93. The number of nitrogens with one attached hydrogen (secondary N) is 2. The number of amides is 2. The molecule has 0 bridgehead atoms. The molecule has 5 aromatic rings. The first-order valence-electron chi connectivity index (χ1n) is 12.3. The minimum atomic E-state index is -0.499. The van der Waals surface area contributed by atoms with Crippen LogP contribution in [0.5, 0.6) is 5.75 Å². The first kappa shape index (κ1) is 28.0. The Morgan fingerprint density at radius 1 is 0.854 bits per heavy atom. The predicted octanol–water partition coefficient (Wildman–Crippen LogP) is 7.75. The number of hydrazone groups is 1. The molecule has 204 valence electrons. The highest BCUT2D eigenvalue weighted by Gasteiger charge is 2.18. The number of hydrogen-bond acceptors (Lipinski definition) is 6. The molecule has 1 aromatic heterocycles. The van der Waals surface area contributed by atoms with E-state index in [1.807, 2.05) is 19.1 Å². The fraction of sp³-hybridized carbons (Fsp3) is 0.0323. The third kappa shape index (κ3) is 6.63. The molecule has 2 amide bonds. The van der Waals surface area contributed by atoms with E-state index in [0.717, 1.165) is 15.6 Å². The van der Waals surface area contributed by atoms with Crippen molar-refractivity contribution in [2.45, 2.75) is 6.92 Å². The summed E-state index contributed by atoms with van der Waals surface area (Å²) in [6.07, 6.45) is 1.40. The molecule has 41 heavy (non-hydrogen) atoms. The molecule has 5 rings (SSSR count). The van der Waals surface area contributed by atoms with Crippen molar-refractivity contribution in [1.29, 1.82) is 0 Å². The smallest absolute Gasteiger partial charge is 0.343 e. The van der Waals surface area contributed by atoms with Crippen molar-refractivity contribution in [2.75, 3.05) is 5.32 Å². The maximum Gasteiger partial charge on any atom is 0.343 e. The summed E-state index contributed by atoms with van der Waals surface area (Å²) in [5, 5.41) is 8.48. The average Bonchev–Trinajstić information content (AvgIpc) is 3.29. The fourth-order valence-corrected chi connectivity index (χ4v) is 5.52. The van der Waals surface area contributed by atoms with E-state index in [9.17, 15) is 14.4 Å². The number of anilines is 1. The van der Waals surface area contributed by atoms with Gasteiger partial charge in [0.05, 0.1) is 16.8 Å². The summed E-state index contributed by atoms with van der Waals surface area (Å²) < 4.78 is 6.34. The monoisotopic (exact) mass is 601 g/mol. The molecule has 2 N–H and O–H groups in total. The van der Waals surface area contributed by atoms with Gasteiger partial charge in [0.2, 0.25) is 0 Å². The second kappa shape index (κ2) is 12.3. The zero-order chi connectivity index (χ0) is 28.9. The van der Waals surface area contributed by atoms with E-state index < -0.39 is 11.9 Å². The molecule has 10 heteroatoms. The van der Waals surface area contributed by atoms with E-state index in [0.29, 0.717) is 43.0 Å². The Morgan fingerprint density at radius 3 is 2.32 bits per heavy atom. The van der Waals surface area contributed by atoms with Crippen LogP contribution in [-0.2, 0) is 0 Å². The highest BCUT2D eigenvalue weighted by atomic mass is 35.5. The quantitative estimate of drug-likeness (QED) is 0.0862. The van der Waals surface area contributed by atoms with E-state index in [-0.39, 0.29) is 5.91 Å². The number of aryl methyl sites for hydroxylation is 1. The zero-order valence-corrected chi connectivity index (χ0v) is 23.8. The van der Waals surface area contributed by atoms with Crippen molar-refractivity contribution in [3.8, 4) is 5.75 Å². The number of fused-ring (bicyclic) bond motifs is 1. The van der Waals surface area contributed by atoms with E-state index in [2.05, 4.69) is 15.8 Å². The van der Waals surface area contributed by atoms with Crippen LogP contribution in [-0.4, -0.2) is 24.0 Å². The van der Waals surface area contributed by atoms with Gasteiger partial charge in [-0.2, -0.15) is 5.10 Å². The van der Waals surface area contributed by atoms with Crippen molar-refractivity contribution in [2.24, 2.45) is 5.10 Å². The molecule has 0 fully saturated rings. The van der Waals surface area contributed by atoms with E-state index in [1.165, 1.54) is 17.6 Å². The number of hydrogen-bond donors (Lipinski definition) is 2. The Bertz CT molecular complexity index is 1800. The Labute approximate surface area is 249 Å². The fourth-order valence-electron chi connectivity index (χ4n) is 3.83. The lowest BCUT2D eigenvalue weighted by molar-refractivity contribution is 0.0734. The van der Waals surface area contributed by atoms with Gasteiger partial charge in [0.25, 0.3) is 11.8 Å². The lowest BCUT2D eigenvalue weighted by atomic mass is 10.1. The topological polar surface area (TPSA) is 96.9 Å². The van der Waals surface area contributed by atoms with Crippen LogP contribution in [0, 0.1) is 6.92 Å². The molecule has 0 spiro atoms. The number of ether oxygens (including phenoxy) is 1. The summed E-state index contributed by atoms with van der Waals surface area (Å²) in [6, 6.07) is 25.5. The van der Waals surface area contributed by atoms with Gasteiger partial charge in [-0.05, 0) is 67.6 Å². The third-order valence-corrected chi connectivity index (χ3v) is 7.87. The Kier molecular flexibility index (Phi) is 8.45. The van der Waals surface area contributed by atoms with E-state index in [1.54, 1.807) is 78.9 Å². The van der Waals surface area contributed by atoms with Crippen molar-refractivity contribution >= 4 is 74.3 Å². The highest BCUT2D eigenvalue weighted by molar-refractivity contribution is 7.21. The number of carbonyl (C=O) groups is 3. The predicted molar refractivity (Wildman–Crippen MR) is 164 cm³/mol. The minimum absolute atomic E-state index is 0.304. The Balaban J connectivity index is 1.20. The molecular formula is C31H21Cl2N3O4S. The summed E-state index contributed by atoms with van der Waals surface area (Å²) in [7, 11) is 0. The van der Waals surface area contributed by atoms with Gasteiger partial charge in [0.1, 0.15) is 10.6 Å². The van der Waals surface area contributed by atoms with Gasteiger partial charge < -0.3 is 10.1 Å². The van der Waals surface area contributed by atoms with Crippen molar-refractivity contribution in [3.63, 3.8) is 0 Å². The summed E-state index contributed by atoms with van der Waals surface area (Å²) in [4.78, 5) is 38.3. The molecule has 0 unspecified atom stereocenters. The first-order valence-corrected chi connectivity index (χ1v) is 13.9. The number of benzene rings is 4. The third-order valence-electron chi connectivity index (χ3n) is 5.98. The van der Waals surface area contributed by atoms with Crippen LogP contribution < -0.4 is 15.5 Å². The largest absolute Gasteiger partial charge is 0.422 e. The lowest BCUT2D eigenvalue weighted by Crippen LogP contribution is -2.18. The Morgan fingerprint density at radius 2 is 1.56 bits per heavy atom. The SMILES string of the molecule is Cc1ccc(C(=O)Oc2ccccc2/C=N\NC(=O)c2ccc(NC(=O)c3sc4cc(Cl)ccc4c3Cl)cc2)cc1. The van der Waals surface area contributed by atoms with Gasteiger partial charge in [-0.3, -0.25) is 9.59 Å². The molecule has 7 nitrogen and oxygen atoms in total. The van der Waals surface area contributed by atoms with Crippen LogP contribution >= 0.6 is 34.5 Å². The molecule has 0 aliphatic rings. The van der Waals surface area contributed by atoms with Crippen LogP contribution in [0.4, 0.5) is 5.69 Å². The first-order chi connectivity index (χ1) is 19.8. The number of para-hydroxylation sites is 1. The van der Waals surface area contributed by atoms with Crippen LogP contribution in [0.15, 0.2) is 96.1 Å². The van der Waals surface area contributed by atoms with Gasteiger partial charge in [-0.1, -0.05) is 59.1 Å². The summed E-state index contributed by atoms with van der Waals surface area (Å²) >= 11 is 13.7. The number of nitrogens with zero attached hydrogens (tertiary/aromatic N) is 1. The van der Waals surface area contributed by atoms with Gasteiger partial charge >= 0.3 is 5.97 Å². The Hall–Kier alpha value is -4.50. The molecule has 0 saturated heterocycles. The molecular weight excluding hydrogens is 581 g/mol. The minimum Gasteiger partial charge on any atom is -0.422 e. The second-order valence-corrected chi connectivity index (χ2v) is 10.8. The molecule has 0 atom stereocenters. The van der Waals surface area contributed by atoms with Crippen LogP contribution in [0.3, 0.4) is 0 Å². The molecule has 1 heterocycles. The molecule has 0 saturated carbocycles. The molecule has 4 aromatic carbocycles. The second-order valence-electron chi connectivity index (χ2n) is 8.91. The van der Waals surface area contributed by atoms with E-state index in [4.69, 9.17) is 27.9 Å². The zero-order valence-electron chi connectivity index (χ0n) is 21.5. The van der Waals surface area contributed by atoms with Gasteiger partial charge in [0.15, 0.2) is 0 Å². The number of esters is 1. The van der Waals surface area contributed by atoms with Gasteiger partial charge in [-0.25, -0.2) is 10.2 Å². The summed E-state index contributed by atoms with van der Waals surface area (Å²) in [5.41, 5.74) is 5.24. The maximum atomic E-state index is 12.8. The number of rotatable bonds is 7. The van der Waals surface area contributed by atoms with Crippen molar-refractivity contribution in [3.05, 3.63) is 128 Å². The normalized spacial score (nSPS) is 11.0. The van der Waals surface area contributed by atoms with Crippen molar-refractivity contribution in [1.82, 2.24) is 5.43 Å².